The highest BCUT2D eigenvalue weighted by Gasteiger charge is 2.14. The molecule has 1 heterocycles. The molecule has 0 aliphatic carbocycles. The van der Waals surface area contributed by atoms with Gasteiger partial charge in [-0.25, -0.2) is 4.98 Å². The van der Waals surface area contributed by atoms with Gasteiger partial charge in [-0.05, 0) is 29.7 Å². The van der Waals surface area contributed by atoms with Gasteiger partial charge < -0.3 is 11.1 Å². The number of rotatable bonds is 6. The molecule has 0 unspecified atom stereocenters. The molecule has 2 aromatic carbocycles. The molecule has 0 spiro atoms. The smallest absolute Gasteiger partial charge is 0.251 e. The average Bonchev–Trinajstić information content (AvgIpc) is 2.66. The Morgan fingerprint density at radius 3 is 2.12 bits per heavy atom. The Morgan fingerprint density at radius 2 is 1.56 bits per heavy atom. The van der Waals surface area contributed by atoms with E-state index in [-0.39, 0.29) is 11.8 Å². The topological polar surface area (TPSA) is 68.0 Å². The number of hydrogen-bond acceptors (Lipinski definition) is 3. The molecule has 25 heavy (non-hydrogen) atoms. The SMILES string of the molecule is Nc1cc(C(=O)NCCC(c2ccccc2)c2ccccc2)ccn1. The molecule has 4 heteroatoms. The van der Waals surface area contributed by atoms with E-state index >= 15 is 0 Å². The Kier molecular flexibility index (Phi) is 5.42. The highest BCUT2D eigenvalue weighted by molar-refractivity contribution is 5.94. The highest BCUT2D eigenvalue weighted by atomic mass is 16.1. The highest BCUT2D eigenvalue weighted by Crippen LogP contribution is 2.27. The first-order chi connectivity index (χ1) is 12.2. The molecule has 0 bridgehead atoms. The van der Waals surface area contributed by atoms with Crippen LogP contribution >= 0.6 is 0 Å². The van der Waals surface area contributed by atoms with Crippen molar-refractivity contribution in [1.82, 2.24) is 10.3 Å². The lowest BCUT2D eigenvalue weighted by molar-refractivity contribution is 0.0952. The van der Waals surface area contributed by atoms with Gasteiger partial charge in [-0.15, -0.1) is 0 Å². The van der Waals surface area contributed by atoms with E-state index in [0.29, 0.717) is 17.9 Å². The molecular weight excluding hydrogens is 310 g/mol. The zero-order valence-corrected chi connectivity index (χ0v) is 13.9. The van der Waals surface area contributed by atoms with Crippen LogP contribution in [0, 0.1) is 0 Å². The van der Waals surface area contributed by atoms with Gasteiger partial charge in [0.05, 0.1) is 0 Å². The minimum Gasteiger partial charge on any atom is -0.384 e. The molecule has 0 aliphatic heterocycles. The number of nitrogens with one attached hydrogen (secondary N) is 1. The number of nitrogens with zero attached hydrogens (tertiary/aromatic N) is 1. The van der Waals surface area contributed by atoms with Gasteiger partial charge in [-0.3, -0.25) is 4.79 Å². The van der Waals surface area contributed by atoms with Gasteiger partial charge in [0.1, 0.15) is 5.82 Å². The Hall–Kier alpha value is -3.14. The van der Waals surface area contributed by atoms with Crippen molar-refractivity contribution in [2.24, 2.45) is 0 Å². The molecule has 126 valence electrons. The molecule has 0 saturated heterocycles. The van der Waals surface area contributed by atoms with Crippen molar-refractivity contribution < 1.29 is 4.79 Å². The Morgan fingerprint density at radius 1 is 0.960 bits per heavy atom. The third-order valence-electron chi connectivity index (χ3n) is 4.17. The van der Waals surface area contributed by atoms with E-state index in [4.69, 9.17) is 5.73 Å². The van der Waals surface area contributed by atoms with Crippen LogP contribution in [-0.4, -0.2) is 17.4 Å². The van der Waals surface area contributed by atoms with Crippen molar-refractivity contribution in [3.8, 4) is 0 Å². The summed E-state index contributed by atoms with van der Waals surface area (Å²) in [6.45, 7) is 0.579. The van der Waals surface area contributed by atoms with Crippen LogP contribution in [0.1, 0.15) is 33.8 Å². The van der Waals surface area contributed by atoms with Crippen molar-refractivity contribution in [3.63, 3.8) is 0 Å². The first kappa shape index (κ1) is 16.7. The van der Waals surface area contributed by atoms with Crippen molar-refractivity contribution in [3.05, 3.63) is 95.7 Å². The predicted molar refractivity (Wildman–Crippen MR) is 100 cm³/mol. The van der Waals surface area contributed by atoms with Crippen molar-refractivity contribution in [1.29, 1.82) is 0 Å². The van der Waals surface area contributed by atoms with Crippen LogP contribution in [0.15, 0.2) is 79.0 Å². The van der Waals surface area contributed by atoms with Crippen molar-refractivity contribution >= 4 is 11.7 Å². The van der Waals surface area contributed by atoms with Gasteiger partial charge in [0.15, 0.2) is 0 Å². The monoisotopic (exact) mass is 331 g/mol. The summed E-state index contributed by atoms with van der Waals surface area (Å²) in [7, 11) is 0. The number of nitrogens with two attached hydrogens (primary N) is 1. The van der Waals surface area contributed by atoms with E-state index in [2.05, 4.69) is 34.6 Å². The lowest BCUT2D eigenvalue weighted by Crippen LogP contribution is -2.26. The molecular formula is C21H21N3O. The van der Waals surface area contributed by atoms with Crippen LogP contribution in [0.3, 0.4) is 0 Å². The van der Waals surface area contributed by atoms with Crippen LogP contribution in [0.4, 0.5) is 5.82 Å². The number of amides is 1. The maximum atomic E-state index is 12.3. The van der Waals surface area contributed by atoms with E-state index in [1.165, 1.54) is 11.1 Å². The summed E-state index contributed by atoms with van der Waals surface area (Å²) in [5.41, 5.74) is 8.66. The number of carbonyl (C=O) groups is 1. The Labute approximate surface area is 147 Å². The summed E-state index contributed by atoms with van der Waals surface area (Å²) in [6, 6.07) is 24.0. The number of nitrogen functional groups attached to an aromatic ring is 1. The largest absolute Gasteiger partial charge is 0.384 e. The molecule has 3 aromatic rings. The molecule has 3 N–H and O–H groups in total. The number of carbonyl (C=O) groups excluding carboxylic acids is 1. The number of benzene rings is 2. The van der Waals surface area contributed by atoms with E-state index in [0.717, 1.165) is 6.42 Å². The van der Waals surface area contributed by atoms with E-state index in [1.54, 1.807) is 18.3 Å². The molecule has 0 aliphatic rings. The number of pyridine rings is 1. The van der Waals surface area contributed by atoms with Gasteiger partial charge in [-0.2, -0.15) is 0 Å². The number of aromatic nitrogens is 1. The normalized spacial score (nSPS) is 10.6. The average molecular weight is 331 g/mol. The summed E-state index contributed by atoms with van der Waals surface area (Å²) < 4.78 is 0. The third kappa shape index (κ3) is 4.44. The Balaban J connectivity index is 1.68. The second-order valence-electron chi connectivity index (χ2n) is 5.89. The van der Waals surface area contributed by atoms with Crippen molar-refractivity contribution in [2.45, 2.75) is 12.3 Å². The fourth-order valence-corrected chi connectivity index (χ4v) is 2.92. The molecule has 3 rings (SSSR count). The van der Waals surface area contributed by atoms with Gasteiger partial charge in [0.2, 0.25) is 0 Å². The molecule has 1 aromatic heterocycles. The van der Waals surface area contributed by atoms with Crippen molar-refractivity contribution in [2.75, 3.05) is 12.3 Å². The van der Waals surface area contributed by atoms with E-state index in [9.17, 15) is 4.79 Å². The summed E-state index contributed by atoms with van der Waals surface area (Å²) in [6.07, 6.45) is 2.36. The fraction of sp³-hybridized carbons (Fsp3) is 0.143. The first-order valence-electron chi connectivity index (χ1n) is 8.33. The fourth-order valence-electron chi connectivity index (χ4n) is 2.92. The molecule has 0 fully saturated rings. The maximum absolute atomic E-state index is 12.3. The van der Waals surface area contributed by atoms with Gasteiger partial charge in [0.25, 0.3) is 5.91 Å². The predicted octanol–water partition coefficient (Wildman–Crippen LogP) is 3.62. The minimum absolute atomic E-state index is 0.131. The standard InChI is InChI=1S/C21H21N3O/c22-20-15-18(11-13-23-20)21(25)24-14-12-19(16-7-3-1-4-8-16)17-9-5-2-6-10-17/h1-11,13,15,19H,12,14H2,(H2,22,23)(H,24,25). The molecule has 1 amide bonds. The number of hydrogen-bond donors (Lipinski definition) is 2. The second kappa shape index (κ2) is 8.11. The van der Waals surface area contributed by atoms with Gasteiger partial charge >= 0.3 is 0 Å². The van der Waals surface area contributed by atoms with Crippen LogP contribution in [0.2, 0.25) is 0 Å². The minimum atomic E-state index is -0.131. The summed E-state index contributed by atoms with van der Waals surface area (Å²) in [5, 5.41) is 2.97. The Bertz CT molecular complexity index is 779. The third-order valence-corrected chi connectivity index (χ3v) is 4.17. The zero-order valence-electron chi connectivity index (χ0n) is 13.9. The second-order valence-corrected chi connectivity index (χ2v) is 5.89. The zero-order chi connectivity index (χ0) is 17.5. The maximum Gasteiger partial charge on any atom is 0.251 e. The molecule has 0 radical (unpaired) electrons. The molecule has 0 atom stereocenters. The lowest BCUT2D eigenvalue weighted by atomic mass is 9.88. The van der Waals surface area contributed by atoms with E-state index < -0.39 is 0 Å². The lowest BCUT2D eigenvalue weighted by Gasteiger charge is -2.18. The van der Waals surface area contributed by atoms with Gasteiger partial charge in [-0.1, -0.05) is 60.7 Å². The van der Waals surface area contributed by atoms with Crippen LogP contribution in [0.25, 0.3) is 0 Å². The number of anilines is 1. The van der Waals surface area contributed by atoms with Gasteiger partial charge in [0, 0.05) is 24.2 Å². The van der Waals surface area contributed by atoms with Crippen LogP contribution < -0.4 is 11.1 Å². The van der Waals surface area contributed by atoms with E-state index in [1.807, 2.05) is 36.4 Å². The van der Waals surface area contributed by atoms with Crippen LogP contribution in [0.5, 0.6) is 0 Å². The quantitative estimate of drug-likeness (QED) is 0.725. The summed E-state index contributed by atoms with van der Waals surface area (Å²) in [5.74, 6) is 0.457. The molecule has 4 nitrogen and oxygen atoms in total. The summed E-state index contributed by atoms with van der Waals surface area (Å²) in [4.78, 5) is 16.2. The first-order valence-corrected chi connectivity index (χ1v) is 8.33. The summed E-state index contributed by atoms with van der Waals surface area (Å²) >= 11 is 0. The van der Waals surface area contributed by atoms with Crippen LogP contribution in [-0.2, 0) is 0 Å². The molecule has 0 saturated carbocycles.